The average Bonchev–Trinajstić information content (AvgIpc) is 2.55. The summed E-state index contributed by atoms with van der Waals surface area (Å²) < 4.78 is 5.32. The average molecular weight is 322 g/mol. The number of likely N-dealkylation sites (tertiary alicyclic amines) is 1. The summed E-state index contributed by atoms with van der Waals surface area (Å²) in [5.74, 6) is 0.634. The second-order valence-electron chi connectivity index (χ2n) is 6.70. The monoisotopic (exact) mass is 321 g/mol. The van der Waals surface area contributed by atoms with E-state index >= 15 is 0 Å². The van der Waals surface area contributed by atoms with Crippen LogP contribution in [0.1, 0.15) is 55.3 Å². The van der Waals surface area contributed by atoms with Crippen molar-refractivity contribution in [2.75, 3.05) is 20.2 Å². The minimum absolute atomic E-state index is 0.0687. The molecule has 2 aliphatic rings. The van der Waals surface area contributed by atoms with Gasteiger partial charge in [-0.3, -0.25) is 4.79 Å². The highest BCUT2D eigenvalue weighted by atomic mass is 35.5. The van der Waals surface area contributed by atoms with E-state index in [9.17, 15) is 4.79 Å². The van der Waals surface area contributed by atoms with Gasteiger partial charge >= 0.3 is 0 Å². The predicted octanol–water partition coefficient (Wildman–Crippen LogP) is 4.54. The van der Waals surface area contributed by atoms with Crippen LogP contribution in [0.4, 0.5) is 0 Å². The molecule has 2 fully saturated rings. The van der Waals surface area contributed by atoms with Crippen LogP contribution in [0.15, 0.2) is 18.2 Å². The number of nitrogens with zero attached hydrogens (tertiary/aromatic N) is 1. The summed E-state index contributed by atoms with van der Waals surface area (Å²) >= 11 is 5.98. The highest BCUT2D eigenvalue weighted by molar-refractivity contribution is 6.30. The lowest BCUT2D eigenvalue weighted by Crippen LogP contribution is -2.44. The van der Waals surface area contributed by atoms with Crippen molar-refractivity contribution in [3.8, 4) is 5.75 Å². The SMILES string of the molecule is COc1cc(Cl)ccc1C(=O)N1CCC2(CCCCC2)CC1. The third-order valence-corrected chi connectivity index (χ3v) is 5.65. The maximum atomic E-state index is 12.8. The van der Waals surface area contributed by atoms with Gasteiger partial charge < -0.3 is 9.64 Å². The number of halogens is 1. The Labute approximate surface area is 137 Å². The molecule has 1 heterocycles. The number of amides is 1. The van der Waals surface area contributed by atoms with Crippen LogP contribution in [0.25, 0.3) is 0 Å². The second-order valence-corrected chi connectivity index (χ2v) is 7.13. The fourth-order valence-corrected chi connectivity index (χ4v) is 4.16. The second kappa shape index (κ2) is 6.49. The van der Waals surface area contributed by atoms with Gasteiger partial charge in [0.25, 0.3) is 5.91 Å². The lowest BCUT2D eigenvalue weighted by atomic mass is 9.68. The number of hydrogen-bond donors (Lipinski definition) is 0. The molecule has 0 unspecified atom stereocenters. The number of ether oxygens (including phenoxy) is 1. The van der Waals surface area contributed by atoms with Crippen LogP contribution in [0.5, 0.6) is 5.75 Å². The summed E-state index contributed by atoms with van der Waals surface area (Å²) in [6.07, 6.45) is 9.09. The number of benzene rings is 1. The van der Waals surface area contributed by atoms with E-state index < -0.39 is 0 Å². The normalized spacial score (nSPS) is 20.9. The molecule has 1 saturated heterocycles. The van der Waals surface area contributed by atoms with Crippen molar-refractivity contribution in [3.63, 3.8) is 0 Å². The van der Waals surface area contributed by atoms with Gasteiger partial charge in [0.15, 0.2) is 0 Å². The van der Waals surface area contributed by atoms with E-state index in [-0.39, 0.29) is 5.91 Å². The maximum absolute atomic E-state index is 12.8. The highest BCUT2D eigenvalue weighted by Gasteiger charge is 2.37. The maximum Gasteiger partial charge on any atom is 0.257 e. The van der Waals surface area contributed by atoms with Crippen LogP contribution in [-0.4, -0.2) is 31.0 Å². The third kappa shape index (κ3) is 3.10. The van der Waals surface area contributed by atoms with Gasteiger partial charge in [-0.05, 0) is 49.3 Å². The molecule has 22 heavy (non-hydrogen) atoms. The Bertz CT molecular complexity index is 542. The zero-order chi connectivity index (χ0) is 15.6. The minimum Gasteiger partial charge on any atom is -0.496 e. The molecule has 0 bridgehead atoms. The van der Waals surface area contributed by atoms with Crippen LogP contribution in [0, 0.1) is 5.41 Å². The number of hydrogen-bond acceptors (Lipinski definition) is 2. The minimum atomic E-state index is 0.0687. The smallest absolute Gasteiger partial charge is 0.257 e. The molecular formula is C18H24ClNO2. The van der Waals surface area contributed by atoms with Gasteiger partial charge in [-0.1, -0.05) is 30.9 Å². The summed E-state index contributed by atoms with van der Waals surface area (Å²) in [6.45, 7) is 1.73. The molecule has 4 heteroatoms. The molecule has 0 aromatic heterocycles. The van der Waals surface area contributed by atoms with Gasteiger partial charge in [0.05, 0.1) is 12.7 Å². The van der Waals surface area contributed by atoms with E-state index in [0.29, 0.717) is 21.8 Å². The number of methoxy groups -OCH3 is 1. The van der Waals surface area contributed by atoms with Crippen LogP contribution in [0.3, 0.4) is 0 Å². The quantitative estimate of drug-likeness (QED) is 0.800. The van der Waals surface area contributed by atoms with Gasteiger partial charge in [0.2, 0.25) is 0 Å². The Balaban J connectivity index is 1.69. The first-order valence-corrected chi connectivity index (χ1v) is 8.64. The molecule has 1 spiro atoms. The van der Waals surface area contributed by atoms with Gasteiger partial charge in [-0.15, -0.1) is 0 Å². The van der Waals surface area contributed by atoms with Gasteiger partial charge in [-0.2, -0.15) is 0 Å². The Kier molecular flexibility index (Phi) is 4.62. The molecular weight excluding hydrogens is 298 g/mol. The molecule has 3 nitrogen and oxygen atoms in total. The number of carbonyl (C=O) groups is 1. The third-order valence-electron chi connectivity index (χ3n) is 5.42. The van der Waals surface area contributed by atoms with Crippen molar-refractivity contribution < 1.29 is 9.53 Å². The molecule has 1 aromatic rings. The molecule has 0 atom stereocenters. The van der Waals surface area contributed by atoms with E-state index in [4.69, 9.17) is 16.3 Å². The number of carbonyl (C=O) groups excluding carboxylic acids is 1. The Morgan fingerprint density at radius 2 is 1.82 bits per heavy atom. The van der Waals surface area contributed by atoms with Crippen molar-refractivity contribution >= 4 is 17.5 Å². The molecule has 3 rings (SSSR count). The molecule has 1 aliphatic heterocycles. The molecule has 1 aromatic carbocycles. The molecule has 1 saturated carbocycles. The topological polar surface area (TPSA) is 29.5 Å². The fourth-order valence-electron chi connectivity index (χ4n) is 4.00. The van der Waals surface area contributed by atoms with Crippen molar-refractivity contribution in [2.24, 2.45) is 5.41 Å². The molecule has 1 aliphatic carbocycles. The molecule has 0 radical (unpaired) electrons. The van der Waals surface area contributed by atoms with Crippen molar-refractivity contribution in [1.82, 2.24) is 4.90 Å². The van der Waals surface area contributed by atoms with E-state index in [2.05, 4.69) is 0 Å². The zero-order valence-corrected chi connectivity index (χ0v) is 14.0. The standard InChI is InChI=1S/C18H24ClNO2/c1-22-16-13-14(19)5-6-15(16)17(21)20-11-9-18(10-12-20)7-3-2-4-8-18/h5-6,13H,2-4,7-12H2,1H3. The molecule has 0 N–H and O–H groups in total. The Morgan fingerprint density at radius 1 is 1.14 bits per heavy atom. The first-order chi connectivity index (χ1) is 10.6. The summed E-state index contributed by atoms with van der Waals surface area (Å²) in [6, 6.07) is 5.24. The van der Waals surface area contributed by atoms with Gasteiger partial charge in [-0.25, -0.2) is 0 Å². The largest absolute Gasteiger partial charge is 0.496 e. The molecule has 120 valence electrons. The van der Waals surface area contributed by atoms with Gasteiger partial charge in [0, 0.05) is 18.1 Å². The lowest BCUT2D eigenvalue weighted by Gasteiger charge is -2.44. The van der Waals surface area contributed by atoms with Crippen molar-refractivity contribution in [1.29, 1.82) is 0 Å². The van der Waals surface area contributed by atoms with Crippen LogP contribution >= 0.6 is 11.6 Å². The summed E-state index contributed by atoms with van der Waals surface area (Å²) in [5, 5.41) is 0.591. The van der Waals surface area contributed by atoms with Crippen LogP contribution in [-0.2, 0) is 0 Å². The summed E-state index contributed by atoms with van der Waals surface area (Å²) in [4.78, 5) is 14.7. The van der Waals surface area contributed by atoms with Crippen molar-refractivity contribution in [2.45, 2.75) is 44.9 Å². The number of rotatable bonds is 2. The van der Waals surface area contributed by atoms with Crippen molar-refractivity contribution in [3.05, 3.63) is 28.8 Å². The van der Waals surface area contributed by atoms with Gasteiger partial charge in [0.1, 0.15) is 5.75 Å². The van der Waals surface area contributed by atoms with E-state index in [0.717, 1.165) is 25.9 Å². The van der Waals surface area contributed by atoms with E-state index in [1.165, 1.54) is 32.1 Å². The van der Waals surface area contributed by atoms with Crippen LogP contribution in [0.2, 0.25) is 5.02 Å². The predicted molar refractivity (Wildman–Crippen MR) is 88.7 cm³/mol. The Hall–Kier alpha value is -1.22. The summed E-state index contributed by atoms with van der Waals surface area (Å²) in [5.41, 5.74) is 1.13. The van der Waals surface area contributed by atoms with E-state index in [1.807, 2.05) is 4.90 Å². The first kappa shape index (κ1) is 15.7. The fraction of sp³-hybridized carbons (Fsp3) is 0.611. The zero-order valence-electron chi connectivity index (χ0n) is 13.2. The van der Waals surface area contributed by atoms with E-state index in [1.54, 1.807) is 25.3 Å². The summed E-state index contributed by atoms with van der Waals surface area (Å²) in [7, 11) is 1.58. The lowest BCUT2D eigenvalue weighted by molar-refractivity contribution is 0.0469. The van der Waals surface area contributed by atoms with Crippen LogP contribution < -0.4 is 4.74 Å². The molecule has 1 amide bonds. The highest BCUT2D eigenvalue weighted by Crippen LogP contribution is 2.44. The Morgan fingerprint density at radius 3 is 2.45 bits per heavy atom. The number of piperidine rings is 1. The first-order valence-electron chi connectivity index (χ1n) is 8.26.